The van der Waals surface area contributed by atoms with Crippen LogP contribution >= 0.6 is 0 Å². The lowest BCUT2D eigenvalue weighted by Crippen LogP contribution is -2.59. The number of carbonyl (C=O) groups excluding carboxylic acids is 5. The molecule has 4 rings (SSSR count). The van der Waals surface area contributed by atoms with E-state index in [1.54, 1.807) is 12.1 Å². The molecule has 12 nitrogen and oxygen atoms in total. The predicted molar refractivity (Wildman–Crippen MR) is 187 cm³/mol. The molecule has 1 aliphatic carbocycles. The Hall–Kier alpha value is -4.78. The molecule has 3 atom stereocenters. The van der Waals surface area contributed by atoms with Gasteiger partial charge in [0.1, 0.15) is 12.1 Å². The summed E-state index contributed by atoms with van der Waals surface area (Å²) in [6.07, 6.45) is 6.44. The quantitative estimate of drug-likeness (QED) is 0.174. The molecule has 2 aromatic rings. The van der Waals surface area contributed by atoms with E-state index in [1.165, 1.54) is 41.7 Å². The van der Waals surface area contributed by atoms with E-state index < -0.39 is 63.6 Å². The highest BCUT2D eigenvalue weighted by Gasteiger charge is 2.43. The molecule has 1 saturated heterocycles. The average molecular weight is 694 g/mol. The number of Topliss-reactive ketones (excluding diaryl/α,β-unsaturated/α-hetero) is 1. The van der Waals surface area contributed by atoms with Gasteiger partial charge in [-0.3, -0.25) is 19.2 Å². The molecular formula is C36H47N5O7S. The van der Waals surface area contributed by atoms with Crippen LogP contribution in [0.2, 0.25) is 0 Å². The summed E-state index contributed by atoms with van der Waals surface area (Å²) in [5.74, 6) is -3.24. The Balaban J connectivity index is 0.00000209. The molecule has 4 N–H and O–H groups in total. The van der Waals surface area contributed by atoms with E-state index >= 15 is 0 Å². The van der Waals surface area contributed by atoms with E-state index in [9.17, 15) is 32.4 Å². The molecule has 1 aliphatic heterocycles. The Labute approximate surface area is 288 Å². The van der Waals surface area contributed by atoms with Gasteiger partial charge in [0.25, 0.3) is 15.9 Å². The van der Waals surface area contributed by atoms with Crippen molar-refractivity contribution >= 4 is 39.6 Å². The van der Waals surface area contributed by atoms with Gasteiger partial charge in [0.2, 0.25) is 17.6 Å². The normalized spacial score (nSPS) is 16.5. The van der Waals surface area contributed by atoms with E-state index in [0.717, 1.165) is 11.1 Å². The number of amides is 5. The number of hydrogen-bond acceptors (Lipinski definition) is 7. The van der Waals surface area contributed by atoms with Crippen LogP contribution in [0.1, 0.15) is 57.1 Å². The highest BCUT2D eigenvalue weighted by Crippen LogP contribution is 2.31. The van der Waals surface area contributed by atoms with Gasteiger partial charge < -0.3 is 20.9 Å². The lowest BCUT2D eigenvalue weighted by Gasteiger charge is -2.32. The summed E-state index contributed by atoms with van der Waals surface area (Å²) < 4.78 is 27.7. The number of rotatable bonds is 14. The molecule has 2 aliphatic rings. The number of benzene rings is 2. The van der Waals surface area contributed by atoms with E-state index in [0.29, 0.717) is 32.1 Å². The smallest absolute Gasteiger partial charge is 0.329 e. The van der Waals surface area contributed by atoms with Gasteiger partial charge in [-0.05, 0) is 67.7 Å². The molecule has 49 heavy (non-hydrogen) atoms. The van der Waals surface area contributed by atoms with E-state index in [1.807, 2.05) is 29.0 Å². The van der Waals surface area contributed by atoms with Crippen LogP contribution in [-0.2, 0) is 42.0 Å². The van der Waals surface area contributed by atoms with Crippen molar-refractivity contribution in [2.75, 3.05) is 13.1 Å². The molecule has 0 bridgehead atoms. The fourth-order valence-electron chi connectivity index (χ4n) is 5.87. The average Bonchev–Trinajstić information content (AvgIpc) is 3.76. The minimum Gasteiger partial charge on any atom is -0.346 e. The van der Waals surface area contributed by atoms with E-state index in [4.69, 9.17) is 0 Å². The maximum absolute atomic E-state index is 14.2. The maximum atomic E-state index is 14.2. The van der Waals surface area contributed by atoms with Crippen molar-refractivity contribution in [1.29, 1.82) is 0 Å². The van der Waals surface area contributed by atoms with Crippen LogP contribution in [0, 0.1) is 5.92 Å². The lowest BCUT2D eigenvalue weighted by molar-refractivity contribution is -0.143. The van der Waals surface area contributed by atoms with Crippen molar-refractivity contribution in [2.45, 2.75) is 81.8 Å². The highest BCUT2D eigenvalue weighted by atomic mass is 32.2. The molecule has 13 heteroatoms. The van der Waals surface area contributed by atoms with Crippen LogP contribution in [-0.4, -0.2) is 74.1 Å². The van der Waals surface area contributed by atoms with Crippen molar-refractivity contribution in [3.8, 4) is 0 Å². The fourth-order valence-corrected chi connectivity index (χ4v) is 6.81. The first-order valence-corrected chi connectivity index (χ1v) is 18.0. The highest BCUT2D eigenvalue weighted by molar-refractivity contribution is 7.90. The van der Waals surface area contributed by atoms with Gasteiger partial charge in [-0.1, -0.05) is 74.9 Å². The Morgan fingerprint density at radius 2 is 1.53 bits per heavy atom. The summed E-state index contributed by atoms with van der Waals surface area (Å²) >= 11 is 0. The third kappa shape index (κ3) is 10.6. The fraction of sp³-hybridized carbons (Fsp3) is 0.417. The topological polar surface area (TPSA) is 171 Å². The Bertz CT molecular complexity index is 1590. The molecule has 5 amide bonds. The largest absolute Gasteiger partial charge is 0.346 e. The van der Waals surface area contributed by atoms with Crippen molar-refractivity contribution in [3.05, 3.63) is 91.0 Å². The number of carbonyl (C=O) groups is 5. The Morgan fingerprint density at radius 3 is 2.12 bits per heavy atom. The first-order valence-electron chi connectivity index (χ1n) is 16.6. The monoisotopic (exact) mass is 693 g/mol. The zero-order valence-corrected chi connectivity index (χ0v) is 29.0. The minimum absolute atomic E-state index is 0.0806. The first kappa shape index (κ1) is 38.7. The van der Waals surface area contributed by atoms with Gasteiger partial charge in [-0.2, -0.15) is 0 Å². The number of allylic oxidation sites excluding steroid dienone is 1. The molecule has 1 unspecified atom stereocenters. The van der Waals surface area contributed by atoms with Crippen molar-refractivity contribution in [1.82, 2.24) is 25.6 Å². The summed E-state index contributed by atoms with van der Waals surface area (Å²) in [5.41, 5.74) is 2.02. The standard InChI is InChI=1S/C33H39N5O7S.C3H8/c1-3-5-16-26(29(39)31(41)34-18-4-2)35-30(40)27-17-11-19-38(27)32(42)28(24-20-22-12-9-10-13-23(22)21-24)36-33(43)37-46(44,45)25-14-7-6-8-15-25;1-3-2/h3-4,6-10,12-15,24,26-28H,1-2,5,11,16-21H2,(H,34,41)(H,35,40)(H2,36,37,43);3H2,1-2H3/t26?,27-,28-;/m0./s1. The number of nitrogens with one attached hydrogen (secondary N) is 4. The van der Waals surface area contributed by atoms with Crippen molar-refractivity contribution < 1.29 is 32.4 Å². The number of fused-ring (bicyclic) bond motifs is 1. The summed E-state index contributed by atoms with van der Waals surface area (Å²) in [5, 5.41) is 7.67. The second-order valence-corrected chi connectivity index (χ2v) is 13.7. The summed E-state index contributed by atoms with van der Waals surface area (Å²) in [4.78, 5) is 67.4. The molecule has 0 saturated carbocycles. The number of sulfonamides is 1. The van der Waals surface area contributed by atoms with Crippen LogP contribution < -0.4 is 20.7 Å². The van der Waals surface area contributed by atoms with Gasteiger partial charge in [0, 0.05) is 13.1 Å². The Morgan fingerprint density at radius 1 is 0.918 bits per heavy atom. The van der Waals surface area contributed by atoms with Crippen LogP contribution in [0.5, 0.6) is 0 Å². The van der Waals surface area contributed by atoms with Crippen LogP contribution in [0.4, 0.5) is 4.79 Å². The van der Waals surface area contributed by atoms with Gasteiger partial charge in [-0.25, -0.2) is 17.9 Å². The van der Waals surface area contributed by atoms with Crippen LogP contribution in [0.3, 0.4) is 0 Å². The molecule has 0 spiro atoms. The maximum Gasteiger partial charge on any atom is 0.329 e. The second-order valence-electron chi connectivity index (χ2n) is 12.0. The van der Waals surface area contributed by atoms with E-state index in [-0.39, 0.29) is 24.4 Å². The zero-order chi connectivity index (χ0) is 36.0. The number of hydrogen-bond donors (Lipinski definition) is 4. The summed E-state index contributed by atoms with van der Waals surface area (Å²) in [7, 11) is -4.22. The second kappa shape index (κ2) is 18.7. The molecular weight excluding hydrogens is 646 g/mol. The third-order valence-corrected chi connectivity index (χ3v) is 9.50. The zero-order valence-electron chi connectivity index (χ0n) is 28.2. The number of nitrogens with zero attached hydrogens (tertiary/aromatic N) is 1. The van der Waals surface area contributed by atoms with Gasteiger partial charge in [0.15, 0.2) is 0 Å². The van der Waals surface area contributed by atoms with Crippen LogP contribution in [0.15, 0.2) is 84.8 Å². The number of likely N-dealkylation sites (tertiary alicyclic amines) is 1. The van der Waals surface area contributed by atoms with E-state index in [2.05, 4.69) is 43.0 Å². The molecule has 264 valence electrons. The summed E-state index contributed by atoms with van der Waals surface area (Å²) in [6.45, 7) is 11.7. The summed E-state index contributed by atoms with van der Waals surface area (Å²) in [6, 6.07) is 10.7. The first-order chi connectivity index (χ1) is 23.5. The van der Waals surface area contributed by atoms with Crippen LogP contribution in [0.25, 0.3) is 0 Å². The lowest BCUT2D eigenvalue weighted by atomic mass is 9.95. The molecule has 1 fully saturated rings. The molecule has 2 aromatic carbocycles. The van der Waals surface area contributed by atoms with Gasteiger partial charge in [0.05, 0.1) is 10.9 Å². The van der Waals surface area contributed by atoms with Crippen molar-refractivity contribution in [3.63, 3.8) is 0 Å². The molecule has 0 radical (unpaired) electrons. The third-order valence-electron chi connectivity index (χ3n) is 8.15. The van der Waals surface area contributed by atoms with Gasteiger partial charge >= 0.3 is 6.03 Å². The number of ketones is 1. The molecule has 0 aromatic heterocycles. The predicted octanol–water partition coefficient (Wildman–Crippen LogP) is 3.19. The molecule has 1 heterocycles. The Kier molecular flexibility index (Phi) is 14.7. The SMILES string of the molecule is C=CCCC(NC(=O)[C@@H]1CCCN1C(=O)[C@@H](NC(=O)NS(=O)(=O)c1ccccc1)C1Cc2ccccc2C1)C(=O)C(=O)NCC=C.CCC. The van der Waals surface area contributed by atoms with Gasteiger partial charge in [-0.15, -0.1) is 13.2 Å². The number of urea groups is 1. The minimum atomic E-state index is -4.22. The van der Waals surface area contributed by atoms with Crippen molar-refractivity contribution in [2.24, 2.45) is 5.92 Å².